The van der Waals surface area contributed by atoms with E-state index in [1.807, 2.05) is 37.3 Å². The number of carboxylic acid groups (broad SMARTS) is 1. The van der Waals surface area contributed by atoms with Gasteiger partial charge in [-0.05, 0) is 24.6 Å². The zero-order chi connectivity index (χ0) is 13.4. The summed E-state index contributed by atoms with van der Waals surface area (Å²) >= 11 is 0. The topological polar surface area (TPSA) is 63.3 Å². The molecule has 0 amide bonds. The average Bonchev–Trinajstić information content (AvgIpc) is 2.41. The molecule has 0 heterocycles. The molecule has 3 N–H and O–H groups in total. The van der Waals surface area contributed by atoms with E-state index in [0.717, 1.165) is 5.56 Å². The molecule has 0 spiro atoms. The predicted octanol–water partition coefficient (Wildman–Crippen LogP) is 2.84. The lowest BCUT2D eigenvalue weighted by atomic mass is 10.2. The van der Waals surface area contributed by atoms with E-state index in [1.54, 1.807) is 24.3 Å². The molecule has 0 aliphatic heterocycles. The number of aryl methyl sites for hydroxylation is 1. The zero-order valence-corrected chi connectivity index (χ0v) is 10.3. The summed E-state index contributed by atoms with van der Waals surface area (Å²) in [6.07, 6.45) is 0. The normalized spacial score (nSPS) is 9.22. The van der Waals surface area contributed by atoms with Gasteiger partial charge in [-0.25, -0.2) is 4.79 Å². The second kappa shape index (κ2) is 7.25. The molecular formula is C15H17NO2. The number of carboxylic acids is 1. The van der Waals surface area contributed by atoms with Gasteiger partial charge in [0.05, 0.1) is 5.56 Å². The molecule has 0 saturated heterocycles. The Morgan fingerprint density at radius 1 is 1.06 bits per heavy atom. The van der Waals surface area contributed by atoms with Crippen molar-refractivity contribution in [2.45, 2.75) is 13.5 Å². The highest BCUT2D eigenvalue weighted by molar-refractivity contribution is 5.87. The van der Waals surface area contributed by atoms with E-state index in [1.165, 1.54) is 5.56 Å². The van der Waals surface area contributed by atoms with E-state index in [0.29, 0.717) is 12.1 Å². The smallest absolute Gasteiger partial charge is 0.335 e. The van der Waals surface area contributed by atoms with Crippen molar-refractivity contribution in [1.82, 2.24) is 0 Å². The minimum Gasteiger partial charge on any atom is -0.478 e. The molecule has 0 aromatic heterocycles. The van der Waals surface area contributed by atoms with Gasteiger partial charge in [0.2, 0.25) is 0 Å². The largest absolute Gasteiger partial charge is 0.478 e. The fourth-order valence-corrected chi connectivity index (χ4v) is 1.31. The van der Waals surface area contributed by atoms with Gasteiger partial charge in [-0.1, -0.05) is 48.0 Å². The molecule has 94 valence electrons. The SMILES string of the molecule is Cc1ccc(C(=O)O)cc1.NCc1ccccc1. The summed E-state index contributed by atoms with van der Waals surface area (Å²) in [6, 6.07) is 16.7. The fraction of sp³-hybridized carbons (Fsp3) is 0.133. The van der Waals surface area contributed by atoms with Gasteiger partial charge in [-0.3, -0.25) is 0 Å². The first-order valence-electron chi connectivity index (χ1n) is 5.67. The number of rotatable bonds is 2. The lowest BCUT2D eigenvalue weighted by molar-refractivity contribution is 0.0697. The number of nitrogens with two attached hydrogens (primary N) is 1. The van der Waals surface area contributed by atoms with Crippen molar-refractivity contribution in [2.75, 3.05) is 0 Å². The van der Waals surface area contributed by atoms with Crippen molar-refractivity contribution in [2.24, 2.45) is 5.73 Å². The third-order valence-electron chi connectivity index (χ3n) is 2.38. The Morgan fingerprint density at radius 2 is 1.61 bits per heavy atom. The van der Waals surface area contributed by atoms with Crippen LogP contribution in [0.3, 0.4) is 0 Å². The summed E-state index contributed by atoms with van der Waals surface area (Å²) < 4.78 is 0. The van der Waals surface area contributed by atoms with Gasteiger partial charge in [0.15, 0.2) is 0 Å². The van der Waals surface area contributed by atoms with Gasteiger partial charge in [0.1, 0.15) is 0 Å². The minimum absolute atomic E-state index is 0.339. The maximum Gasteiger partial charge on any atom is 0.335 e. The maximum atomic E-state index is 10.3. The number of aromatic carboxylic acids is 1. The van der Waals surface area contributed by atoms with Crippen molar-refractivity contribution in [3.63, 3.8) is 0 Å². The molecule has 3 heteroatoms. The Labute approximate surface area is 107 Å². The summed E-state index contributed by atoms with van der Waals surface area (Å²) in [5, 5.41) is 8.48. The highest BCUT2D eigenvalue weighted by Crippen LogP contribution is 2.01. The lowest BCUT2D eigenvalue weighted by Crippen LogP contribution is -1.94. The number of benzene rings is 2. The first-order chi connectivity index (χ1) is 8.63. The van der Waals surface area contributed by atoms with Crippen LogP contribution < -0.4 is 5.73 Å². The molecule has 0 fully saturated rings. The summed E-state index contributed by atoms with van der Waals surface area (Å²) in [5.41, 5.74) is 7.95. The highest BCUT2D eigenvalue weighted by atomic mass is 16.4. The monoisotopic (exact) mass is 243 g/mol. The predicted molar refractivity (Wildman–Crippen MR) is 72.5 cm³/mol. The number of hydrogen-bond donors (Lipinski definition) is 2. The molecule has 0 atom stereocenters. The van der Waals surface area contributed by atoms with Crippen LogP contribution in [0.1, 0.15) is 21.5 Å². The summed E-state index contributed by atoms with van der Waals surface area (Å²) in [4.78, 5) is 10.3. The first-order valence-corrected chi connectivity index (χ1v) is 5.67. The van der Waals surface area contributed by atoms with Gasteiger partial charge in [0, 0.05) is 6.54 Å². The van der Waals surface area contributed by atoms with Crippen LogP contribution in [0.5, 0.6) is 0 Å². The Bertz CT molecular complexity index is 478. The van der Waals surface area contributed by atoms with Gasteiger partial charge < -0.3 is 10.8 Å². The Morgan fingerprint density at radius 3 is 2.00 bits per heavy atom. The fourth-order valence-electron chi connectivity index (χ4n) is 1.31. The molecule has 0 unspecified atom stereocenters. The molecule has 3 nitrogen and oxygen atoms in total. The molecule has 18 heavy (non-hydrogen) atoms. The van der Waals surface area contributed by atoms with E-state index in [9.17, 15) is 4.79 Å². The van der Waals surface area contributed by atoms with Gasteiger partial charge in [-0.2, -0.15) is 0 Å². The molecule has 2 aromatic carbocycles. The quantitative estimate of drug-likeness (QED) is 0.852. The third-order valence-corrected chi connectivity index (χ3v) is 2.38. The van der Waals surface area contributed by atoms with Crippen molar-refractivity contribution in [1.29, 1.82) is 0 Å². The molecule has 0 aliphatic rings. The van der Waals surface area contributed by atoms with E-state index in [4.69, 9.17) is 10.8 Å². The van der Waals surface area contributed by atoms with Crippen LogP contribution in [-0.2, 0) is 6.54 Å². The number of hydrogen-bond acceptors (Lipinski definition) is 2. The Kier molecular flexibility index (Phi) is 5.61. The van der Waals surface area contributed by atoms with Crippen LogP contribution in [0.25, 0.3) is 0 Å². The third kappa shape index (κ3) is 4.80. The van der Waals surface area contributed by atoms with Crippen molar-refractivity contribution in [3.8, 4) is 0 Å². The van der Waals surface area contributed by atoms with Crippen molar-refractivity contribution in [3.05, 3.63) is 71.3 Å². The van der Waals surface area contributed by atoms with Crippen LogP contribution in [0, 0.1) is 6.92 Å². The van der Waals surface area contributed by atoms with E-state index in [2.05, 4.69) is 0 Å². The van der Waals surface area contributed by atoms with Crippen LogP contribution in [0.15, 0.2) is 54.6 Å². The van der Waals surface area contributed by atoms with Crippen LogP contribution in [0.4, 0.5) is 0 Å². The summed E-state index contributed by atoms with van der Waals surface area (Å²) in [7, 11) is 0. The van der Waals surface area contributed by atoms with Gasteiger partial charge in [0.25, 0.3) is 0 Å². The van der Waals surface area contributed by atoms with E-state index in [-0.39, 0.29) is 0 Å². The molecule has 2 rings (SSSR count). The second-order valence-electron chi connectivity index (χ2n) is 3.86. The molecule has 0 bridgehead atoms. The van der Waals surface area contributed by atoms with Gasteiger partial charge >= 0.3 is 5.97 Å². The van der Waals surface area contributed by atoms with E-state index < -0.39 is 5.97 Å². The molecule has 2 aromatic rings. The number of carbonyl (C=O) groups is 1. The van der Waals surface area contributed by atoms with Crippen molar-refractivity contribution < 1.29 is 9.90 Å². The molecular weight excluding hydrogens is 226 g/mol. The van der Waals surface area contributed by atoms with Gasteiger partial charge in [-0.15, -0.1) is 0 Å². The average molecular weight is 243 g/mol. The molecule has 0 radical (unpaired) electrons. The standard InChI is InChI=1S/C8H8O2.C7H9N/c1-6-2-4-7(5-3-6)8(9)10;8-6-7-4-2-1-3-5-7/h2-5H,1H3,(H,9,10);1-5H,6,8H2. The summed E-state index contributed by atoms with van der Waals surface area (Å²) in [6.45, 7) is 2.56. The highest BCUT2D eigenvalue weighted by Gasteiger charge is 1.98. The Hall–Kier alpha value is -2.13. The van der Waals surface area contributed by atoms with Crippen LogP contribution in [0.2, 0.25) is 0 Å². The van der Waals surface area contributed by atoms with Crippen LogP contribution in [-0.4, -0.2) is 11.1 Å². The molecule has 0 aliphatic carbocycles. The van der Waals surface area contributed by atoms with Crippen LogP contribution >= 0.6 is 0 Å². The minimum atomic E-state index is -0.875. The lowest BCUT2D eigenvalue weighted by Gasteiger charge is -1.92. The van der Waals surface area contributed by atoms with Crippen molar-refractivity contribution >= 4 is 5.97 Å². The maximum absolute atomic E-state index is 10.3. The van der Waals surface area contributed by atoms with E-state index >= 15 is 0 Å². The first kappa shape index (κ1) is 13.9. The molecule has 0 saturated carbocycles. The second-order valence-corrected chi connectivity index (χ2v) is 3.86. The Balaban J connectivity index is 0.000000184. The summed E-state index contributed by atoms with van der Waals surface area (Å²) in [5.74, 6) is -0.875. The zero-order valence-electron chi connectivity index (χ0n) is 10.3.